The van der Waals surface area contributed by atoms with Crippen molar-refractivity contribution in [2.45, 2.75) is 19.4 Å². The molecular weight excluding hydrogens is 322 g/mol. The third-order valence-corrected chi connectivity index (χ3v) is 3.67. The maximum atomic E-state index is 12.6. The van der Waals surface area contributed by atoms with Crippen LogP contribution in [0.1, 0.15) is 34.8 Å². The van der Waals surface area contributed by atoms with Gasteiger partial charge in [-0.1, -0.05) is 6.92 Å². The predicted octanol–water partition coefficient (Wildman–Crippen LogP) is 1.94. The van der Waals surface area contributed by atoms with Crippen molar-refractivity contribution in [3.8, 4) is 5.82 Å². The van der Waals surface area contributed by atoms with E-state index >= 15 is 0 Å². The van der Waals surface area contributed by atoms with E-state index in [0.29, 0.717) is 23.7 Å². The number of amides is 1. The molecule has 0 aliphatic carbocycles. The first kappa shape index (κ1) is 16.8. The highest BCUT2D eigenvalue weighted by molar-refractivity contribution is 5.94. The van der Waals surface area contributed by atoms with Crippen molar-refractivity contribution in [1.29, 1.82) is 0 Å². The molecule has 0 spiro atoms. The standard InChI is InChI=1S/C17H19N5O3/c1-3-13-4-5-15(25-13)14(9-24-2)21-17(23)12-6-7-19-16(8-12)22-11-18-10-20-22/h4-8,10-11,14H,3,9H2,1-2H3,(H,21,23)/t14-/m0/s1. The fourth-order valence-electron chi connectivity index (χ4n) is 2.39. The van der Waals surface area contributed by atoms with Crippen molar-refractivity contribution >= 4 is 5.91 Å². The number of aromatic nitrogens is 4. The number of nitrogens with zero attached hydrogens (tertiary/aromatic N) is 4. The summed E-state index contributed by atoms with van der Waals surface area (Å²) < 4.78 is 12.4. The van der Waals surface area contributed by atoms with E-state index in [4.69, 9.17) is 9.15 Å². The fraction of sp³-hybridized carbons (Fsp3) is 0.294. The summed E-state index contributed by atoms with van der Waals surface area (Å²) in [7, 11) is 1.58. The third-order valence-electron chi connectivity index (χ3n) is 3.67. The highest BCUT2D eigenvalue weighted by Crippen LogP contribution is 2.18. The van der Waals surface area contributed by atoms with Gasteiger partial charge in [0.15, 0.2) is 5.82 Å². The molecule has 8 nitrogen and oxygen atoms in total. The first-order chi connectivity index (χ1) is 12.2. The van der Waals surface area contributed by atoms with Crippen LogP contribution in [0.25, 0.3) is 5.82 Å². The van der Waals surface area contributed by atoms with Crippen LogP contribution in [0.4, 0.5) is 0 Å². The summed E-state index contributed by atoms with van der Waals surface area (Å²) >= 11 is 0. The molecule has 3 aromatic rings. The van der Waals surface area contributed by atoms with Crippen molar-refractivity contribution in [1.82, 2.24) is 25.1 Å². The zero-order chi connectivity index (χ0) is 17.6. The quantitative estimate of drug-likeness (QED) is 0.705. The van der Waals surface area contributed by atoms with Gasteiger partial charge in [0.25, 0.3) is 5.91 Å². The maximum Gasteiger partial charge on any atom is 0.252 e. The lowest BCUT2D eigenvalue weighted by atomic mass is 10.2. The summed E-state index contributed by atoms with van der Waals surface area (Å²) in [6, 6.07) is 6.67. The molecule has 0 unspecified atom stereocenters. The van der Waals surface area contributed by atoms with Gasteiger partial charge in [0, 0.05) is 25.3 Å². The van der Waals surface area contributed by atoms with E-state index in [1.165, 1.54) is 17.3 Å². The Kier molecular flexibility index (Phi) is 5.20. The van der Waals surface area contributed by atoms with Crippen molar-refractivity contribution in [3.63, 3.8) is 0 Å². The number of pyridine rings is 1. The SMILES string of the molecule is CCc1ccc([C@H](COC)NC(=O)c2ccnc(-n3cncn3)c2)o1. The van der Waals surface area contributed by atoms with Gasteiger partial charge in [-0.3, -0.25) is 4.79 Å². The number of rotatable bonds is 7. The van der Waals surface area contributed by atoms with Crippen molar-refractivity contribution in [2.24, 2.45) is 0 Å². The van der Waals surface area contributed by atoms with Crippen molar-refractivity contribution in [2.75, 3.05) is 13.7 Å². The topological polar surface area (TPSA) is 95.1 Å². The van der Waals surface area contributed by atoms with Gasteiger partial charge in [-0.25, -0.2) is 14.6 Å². The van der Waals surface area contributed by atoms with E-state index in [-0.39, 0.29) is 11.9 Å². The summed E-state index contributed by atoms with van der Waals surface area (Å²) in [4.78, 5) is 20.7. The molecule has 1 amide bonds. The molecule has 3 rings (SSSR count). The first-order valence-electron chi connectivity index (χ1n) is 7.90. The summed E-state index contributed by atoms with van der Waals surface area (Å²) in [5.74, 6) is 1.79. The minimum atomic E-state index is -0.374. The number of methoxy groups -OCH3 is 1. The molecule has 0 fully saturated rings. The second-order valence-electron chi connectivity index (χ2n) is 5.38. The van der Waals surface area contributed by atoms with Crippen LogP contribution in [0.3, 0.4) is 0 Å². The van der Waals surface area contributed by atoms with E-state index in [9.17, 15) is 4.79 Å². The second-order valence-corrected chi connectivity index (χ2v) is 5.38. The Labute approximate surface area is 144 Å². The van der Waals surface area contributed by atoms with Crippen LogP contribution in [0.15, 0.2) is 47.5 Å². The highest BCUT2D eigenvalue weighted by Gasteiger charge is 2.19. The lowest BCUT2D eigenvalue weighted by Gasteiger charge is -2.16. The molecule has 0 saturated heterocycles. The average Bonchev–Trinajstić information content (AvgIpc) is 3.33. The molecule has 0 aromatic carbocycles. The molecule has 8 heteroatoms. The first-order valence-corrected chi connectivity index (χ1v) is 7.90. The molecule has 0 aliphatic heterocycles. The number of carbonyl (C=O) groups is 1. The Balaban J connectivity index is 1.78. The number of ether oxygens (including phenoxy) is 1. The molecule has 25 heavy (non-hydrogen) atoms. The maximum absolute atomic E-state index is 12.6. The zero-order valence-corrected chi connectivity index (χ0v) is 14.0. The molecule has 0 saturated carbocycles. The van der Waals surface area contributed by atoms with Crippen LogP contribution in [-0.4, -0.2) is 39.4 Å². The second kappa shape index (κ2) is 7.71. The zero-order valence-electron chi connectivity index (χ0n) is 14.0. The van der Waals surface area contributed by atoms with E-state index in [1.54, 1.807) is 25.4 Å². The van der Waals surface area contributed by atoms with E-state index < -0.39 is 0 Å². The van der Waals surface area contributed by atoms with Gasteiger partial charge in [0.05, 0.1) is 6.61 Å². The van der Waals surface area contributed by atoms with Gasteiger partial charge in [-0.05, 0) is 24.3 Å². The van der Waals surface area contributed by atoms with Gasteiger partial charge >= 0.3 is 0 Å². The molecule has 1 atom stereocenters. The number of nitrogens with one attached hydrogen (secondary N) is 1. The Morgan fingerprint density at radius 1 is 1.40 bits per heavy atom. The summed E-state index contributed by atoms with van der Waals surface area (Å²) in [5.41, 5.74) is 0.462. The molecule has 3 heterocycles. The van der Waals surface area contributed by atoms with Crippen LogP contribution in [0.5, 0.6) is 0 Å². The number of hydrogen-bond donors (Lipinski definition) is 1. The van der Waals surface area contributed by atoms with Crippen molar-refractivity contribution < 1.29 is 13.9 Å². The monoisotopic (exact) mass is 341 g/mol. The predicted molar refractivity (Wildman–Crippen MR) is 89.3 cm³/mol. The molecular formula is C17H19N5O3. The molecule has 0 bridgehead atoms. The Hall–Kier alpha value is -3.00. The van der Waals surface area contributed by atoms with Gasteiger partial charge in [-0.15, -0.1) is 0 Å². The third kappa shape index (κ3) is 3.92. The molecule has 3 aromatic heterocycles. The number of carbonyl (C=O) groups excluding carboxylic acids is 1. The number of furan rings is 1. The minimum absolute atomic E-state index is 0.250. The highest BCUT2D eigenvalue weighted by atomic mass is 16.5. The lowest BCUT2D eigenvalue weighted by molar-refractivity contribution is 0.0882. The van der Waals surface area contributed by atoms with Gasteiger partial charge in [-0.2, -0.15) is 5.10 Å². The largest absolute Gasteiger partial charge is 0.464 e. The summed E-state index contributed by atoms with van der Waals surface area (Å²) in [6.45, 7) is 2.32. The van der Waals surface area contributed by atoms with Crippen molar-refractivity contribution in [3.05, 3.63) is 60.2 Å². The Morgan fingerprint density at radius 3 is 2.96 bits per heavy atom. The van der Waals surface area contributed by atoms with Gasteiger partial charge in [0.1, 0.15) is 30.2 Å². The summed E-state index contributed by atoms with van der Waals surface area (Å²) in [6.07, 6.45) is 5.27. The van der Waals surface area contributed by atoms with Crippen LogP contribution >= 0.6 is 0 Å². The summed E-state index contributed by atoms with van der Waals surface area (Å²) in [5, 5.41) is 6.94. The molecule has 0 aliphatic rings. The van der Waals surface area contributed by atoms with Crippen LogP contribution in [0, 0.1) is 0 Å². The van der Waals surface area contributed by atoms with E-state index in [1.807, 2.05) is 19.1 Å². The van der Waals surface area contributed by atoms with E-state index in [0.717, 1.165) is 12.2 Å². The number of hydrogen-bond acceptors (Lipinski definition) is 6. The lowest BCUT2D eigenvalue weighted by Crippen LogP contribution is -2.31. The molecule has 0 radical (unpaired) electrons. The fourth-order valence-corrected chi connectivity index (χ4v) is 2.39. The molecule has 1 N–H and O–H groups in total. The normalized spacial score (nSPS) is 12.1. The van der Waals surface area contributed by atoms with Crippen LogP contribution < -0.4 is 5.32 Å². The van der Waals surface area contributed by atoms with Crippen LogP contribution in [-0.2, 0) is 11.2 Å². The number of aryl methyl sites for hydroxylation is 1. The molecule has 130 valence electrons. The average molecular weight is 341 g/mol. The Bertz CT molecular complexity index is 828. The van der Waals surface area contributed by atoms with E-state index in [2.05, 4.69) is 20.4 Å². The smallest absolute Gasteiger partial charge is 0.252 e. The minimum Gasteiger partial charge on any atom is -0.464 e. The van der Waals surface area contributed by atoms with Gasteiger partial charge < -0.3 is 14.5 Å². The van der Waals surface area contributed by atoms with Crippen LogP contribution in [0.2, 0.25) is 0 Å². The van der Waals surface area contributed by atoms with Gasteiger partial charge in [0.2, 0.25) is 0 Å². The Morgan fingerprint density at radius 2 is 2.28 bits per heavy atom.